The van der Waals surface area contributed by atoms with Crippen molar-refractivity contribution in [3.8, 4) is 0 Å². The predicted molar refractivity (Wildman–Crippen MR) is 84.7 cm³/mol. The highest BCUT2D eigenvalue weighted by Gasteiger charge is 2.12. The first-order valence-electron chi connectivity index (χ1n) is 7.27. The Balaban J connectivity index is 2.78. The van der Waals surface area contributed by atoms with Crippen LogP contribution in [0.3, 0.4) is 0 Å². The second-order valence-corrected chi connectivity index (χ2v) is 5.31. The average molecular weight is 301 g/mol. The zero-order valence-corrected chi connectivity index (χ0v) is 13.6. The molecule has 0 radical (unpaired) electrons. The van der Waals surface area contributed by atoms with Crippen LogP contribution in [0.5, 0.6) is 0 Å². The minimum Gasteiger partial charge on any atom is -0.379 e. The van der Waals surface area contributed by atoms with Crippen LogP contribution in [0.1, 0.15) is 34.1 Å². The summed E-state index contributed by atoms with van der Waals surface area (Å²) in [7, 11) is 0. The molecule has 1 rings (SSSR count). The number of nitrogens with zero attached hydrogens (tertiary/aromatic N) is 3. The summed E-state index contributed by atoms with van der Waals surface area (Å²) in [5.74, 6) is 0. The van der Waals surface area contributed by atoms with Gasteiger partial charge in [-0.1, -0.05) is 32.4 Å². The minimum atomic E-state index is -0.228. The van der Waals surface area contributed by atoms with Crippen LogP contribution in [-0.2, 0) is 6.54 Å². The maximum absolute atomic E-state index is 12.0. The lowest BCUT2D eigenvalue weighted by Crippen LogP contribution is -2.35. The number of rotatable bonds is 8. The third-order valence-electron chi connectivity index (χ3n) is 3.25. The molecule has 20 heavy (non-hydrogen) atoms. The van der Waals surface area contributed by atoms with Gasteiger partial charge in [0, 0.05) is 19.1 Å². The van der Waals surface area contributed by atoms with Crippen LogP contribution < -0.4 is 10.9 Å². The fourth-order valence-corrected chi connectivity index (χ4v) is 2.32. The van der Waals surface area contributed by atoms with E-state index in [9.17, 15) is 4.79 Å². The Bertz CT molecular complexity index is 471. The van der Waals surface area contributed by atoms with Gasteiger partial charge in [-0.15, -0.1) is 0 Å². The average Bonchev–Trinajstić information content (AvgIpc) is 2.44. The number of aryl methyl sites for hydroxylation is 1. The smallest absolute Gasteiger partial charge is 0.287 e. The van der Waals surface area contributed by atoms with Gasteiger partial charge in [-0.25, -0.2) is 4.68 Å². The van der Waals surface area contributed by atoms with E-state index in [1.54, 1.807) is 6.20 Å². The van der Waals surface area contributed by atoms with E-state index in [0.717, 1.165) is 26.1 Å². The maximum atomic E-state index is 12.0. The third-order valence-corrected chi connectivity index (χ3v) is 3.61. The Hall–Kier alpha value is -1.07. The van der Waals surface area contributed by atoms with Crippen molar-refractivity contribution in [1.29, 1.82) is 0 Å². The van der Waals surface area contributed by atoms with E-state index in [0.29, 0.717) is 12.2 Å². The number of aromatic nitrogens is 2. The van der Waals surface area contributed by atoms with E-state index in [1.807, 2.05) is 6.92 Å². The first-order valence-corrected chi connectivity index (χ1v) is 7.65. The van der Waals surface area contributed by atoms with Crippen molar-refractivity contribution < 1.29 is 0 Å². The SMILES string of the molecule is CCCn1ncc(NC(C)CN(CC)CC)c(Cl)c1=O. The zero-order valence-electron chi connectivity index (χ0n) is 12.8. The van der Waals surface area contributed by atoms with Crippen LogP contribution in [0.2, 0.25) is 5.02 Å². The maximum Gasteiger partial charge on any atom is 0.287 e. The van der Waals surface area contributed by atoms with Gasteiger partial charge in [0.05, 0.1) is 11.9 Å². The molecule has 0 saturated carbocycles. The molecule has 5 nitrogen and oxygen atoms in total. The quantitative estimate of drug-likeness (QED) is 0.801. The Morgan fingerprint density at radius 2 is 2.05 bits per heavy atom. The summed E-state index contributed by atoms with van der Waals surface area (Å²) in [6.07, 6.45) is 2.49. The molecule has 0 aliphatic rings. The molecule has 1 heterocycles. The van der Waals surface area contributed by atoms with Crippen LogP contribution in [-0.4, -0.2) is 40.4 Å². The van der Waals surface area contributed by atoms with Crippen LogP contribution in [0.15, 0.2) is 11.0 Å². The van der Waals surface area contributed by atoms with Crippen molar-refractivity contribution in [1.82, 2.24) is 14.7 Å². The topological polar surface area (TPSA) is 50.2 Å². The molecule has 1 aromatic heterocycles. The molecular formula is C14H25ClN4O. The third kappa shape index (κ3) is 4.49. The number of hydrogen-bond donors (Lipinski definition) is 1. The van der Waals surface area contributed by atoms with Gasteiger partial charge in [0.1, 0.15) is 5.02 Å². The van der Waals surface area contributed by atoms with Gasteiger partial charge in [0.2, 0.25) is 0 Å². The first-order chi connectivity index (χ1) is 9.53. The molecule has 6 heteroatoms. The highest BCUT2D eigenvalue weighted by atomic mass is 35.5. The zero-order chi connectivity index (χ0) is 15.1. The fourth-order valence-electron chi connectivity index (χ4n) is 2.12. The number of anilines is 1. The van der Waals surface area contributed by atoms with Crippen LogP contribution in [0, 0.1) is 0 Å². The fraction of sp³-hybridized carbons (Fsp3) is 0.714. The van der Waals surface area contributed by atoms with Gasteiger partial charge in [-0.3, -0.25) is 4.79 Å². The lowest BCUT2D eigenvalue weighted by atomic mass is 10.3. The molecule has 114 valence electrons. The van der Waals surface area contributed by atoms with Crippen molar-refractivity contribution in [3.63, 3.8) is 0 Å². The van der Waals surface area contributed by atoms with Gasteiger partial charge in [-0.2, -0.15) is 5.10 Å². The molecule has 1 N–H and O–H groups in total. The Morgan fingerprint density at radius 1 is 1.40 bits per heavy atom. The molecule has 0 bridgehead atoms. The van der Waals surface area contributed by atoms with Crippen LogP contribution in [0.25, 0.3) is 0 Å². The number of likely N-dealkylation sites (N-methyl/N-ethyl adjacent to an activating group) is 1. The van der Waals surface area contributed by atoms with Crippen molar-refractivity contribution in [2.75, 3.05) is 25.0 Å². The minimum absolute atomic E-state index is 0.204. The van der Waals surface area contributed by atoms with Crippen molar-refractivity contribution in [2.24, 2.45) is 0 Å². The lowest BCUT2D eigenvalue weighted by molar-refractivity contribution is 0.295. The van der Waals surface area contributed by atoms with Crippen LogP contribution >= 0.6 is 11.6 Å². The molecule has 0 spiro atoms. The molecule has 0 aliphatic heterocycles. The van der Waals surface area contributed by atoms with Crippen molar-refractivity contribution in [2.45, 2.75) is 46.7 Å². The molecule has 0 saturated heterocycles. The Kier molecular flexibility index (Phi) is 7.02. The monoisotopic (exact) mass is 300 g/mol. The number of halogens is 1. The standard InChI is InChI=1S/C14H25ClN4O/c1-5-8-19-14(20)13(15)12(9-16-19)17-11(4)10-18(6-2)7-3/h9,11,17H,5-8,10H2,1-4H3. The van der Waals surface area contributed by atoms with E-state index in [2.05, 4.69) is 36.1 Å². The summed E-state index contributed by atoms with van der Waals surface area (Å²) in [4.78, 5) is 14.3. The highest BCUT2D eigenvalue weighted by Crippen LogP contribution is 2.16. The van der Waals surface area contributed by atoms with E-state index < -0.39 is 0 Å². The molecule has 0 aliphatic carbocycles. The Labute approximate surface area is 125 Å². The summed E-state index contributed by atoms with van der Waals surface area (Å²) in [5, 5.41) is 7.64. The Morgan fingerprint density at radius 3 is 2.60 bits per heavy atom. The number of nitrogens with one attached hydrogen (secondary N) is 1. The van der Waals surface area contributed by atoms with Gasteiger partial charge in [-0.05, 0) is 26.4 Å². The predicted octanol–water partition coefficient (Wildman–Crippen LogP) is 2.45. The second-order valence-electron chi connectivity index (χ2n) is 4.93. The molecule has 1 aromatic rings. The molecule has 1 unspecified atom stereocenters. The van der Waals surface area contributed by atoms with Crippen molar-refractivity contribution in [3.05, 3.63) is 21.6 Å². The largest absolute Gasteiger partial charge is 0.379 e. The van der Waals surface area contributed by atoms with Gasteiger partial charge < -0.3 is 10.2 Å². The molecule has 0 fully saturated rings. The van der Waals surface area contributed by atoms with E-state index in [4.69, 9.17) is 11.6 Å². The van der Waals surface area contributed by atoms with E-state index >= 15 is 0 Å². The van der Waals surface area contributed by atoms with Crippen molar-refractivity contribution >= 4 is 17.3 Å². The first kappa shape index (κ1) is 17.0. The molecule has 1 atom stereocenters. The summed E-state index contributed by atoms with van der Waals surface area (Å²) in [6.45, 7) is 11.9. The molecule has 0 aromatic carbocycles. The molecular weight excluding hydrogens is 276 g/mol. The van der Waals surface area contributed by atoms with Gasteiger partial charge >= 0.3 is 0 Å². The lowest BCUT2D eigenvalue weighted by Gasteiger charge is -2.24. The normalized spacial score (nSPS) is 12.7. The summed E-state index contributed by atoms with van der Waals surface area (Å²) in [5.41, 5.74) is 0.386. The van der Waals surface area contributed by atoms with E-state index in [1.165, 1.54) is 4.68 Å². The van der Waals surface area contributed by atoms with Gasteiger partial charge in [0.25, 0.3) is 5.56 Å². The summed E-state index contributed by atoms with van der Waals surface area (Å²) < 4.78 is 1.41. The van der Waals surface area contributed by atoms with E-state index in [-0.39, 0.29) is 16.6 Å². The number of hydrogen-bond acceptors (Lipinski definition) is 4. The summed E-state index contributed by atoms with van der Waals surface area (Å²) in [6, 6.07) is 0.204. The second kappa shape index (κ2) is 8.27. The van der Waals surface area contributed by atoms with Gasteiger partial charge in [0.15, 0.2) is 0 Å². The summed E-state index contributed by atoms with van der Waals surface area (Å²) >= 11 is 6.13. The highest BCUT2D eigenvalue weighted by molar-refractivity contribution is 6.32. The molecule has 0 amide bonds. The van der Waals surface area contributed by atoms with Crippen LogP contribution in [0.4, 0.5) is 5.69 Å².